The SMILES string of the molecule is O=C1CCC(N2Cc3c(Nc4ccnc(Nc5cccc(N6CCN(c7ccccn7)CC6)c5)n4)cccc3C2=O)C(=O)N1. The van der Waals surface area contributed by atoms with Gasteiger partial charge in [-0.2, -0.15) is 4.98 Å². The van der Waals surface area contributed by atoms with Crippen LogP contribution in [-0.4, -0.2) is 69.8 Å². The molecular formula is C32H31N9O3. The first-order valence-electron chi connectivity index (χ1n) is 14.7. The number of anilines is 6. The van der Waals surface area contributed by atoms with Crippen LogP contribution in [-0.2, 0) is 16.1 Å². The summed E-state index contributed by atoms with van der Waals surface area (Å²) in [4.78, 5) is 57.0. The molecule has 1 unspecified atom stereocenters. The first-order valence-corrected chi connectivity index (χ1v) is 14.7. The summed E-state index contributed by atoms with van der Waals surface area (Å²) < 4.78 is 0. The number of carbonyl (C=O) groups excluding carboxylic acids is 3. The first-order chi connectivity index (χ1) is 21.5. The molecule has 3 aliphatic heterocycles. The molecule has 5 heterocycles. The minimum Gasteiger partial charge on any atom is -0.368 e. The van der Waals surface area contributed by atoms with E-state index in [0.717, 1.165) is 54.6 Å². The molecule has 1 atom stereocenters. The van der Waals surface area contributed by atoms with Crippen molar-refractivity contribution in [3.63, 3.8) is 0 Å². The summed E-state index contributed by atoms with van der Waals surface area (Å²) in [6.07, 6.45) is 4.03. The largest absolute Gasteiger partial charge is 0.368 e. The molecule has 2 aromatic carbocycles. The van der Waals surface area contributed by atoms with E-state index < -0.39 is 11.9 Å². The Kier molecular flexibility index (Phi) is 7.22. The van der Waals surface area contributed by atoms with Crippen molar-refractivity contribution >= 4 is 52.4 Å². The molecule has 3 aliphatic rings. The van der Waals surface area contributed by atoms with E-state index in [4.69, 9.17) is 0 Å². The van der Waals surface area contributed by atoms with Crippen LogP contribution >= 0.6 is 0 Å². The van der Waals surface area contributed by atoms with Crippen LogP contribution in [0.3, 0.4) is 0 Å². The standard InChI is InChI=1S/C32H31N9O3/c42-29-11-10-26(30(43)38-29)41-20-24-23(31(41)44)7-4-8-25(24)36-27-12-14-34-32(37-27)35-21-5-3-6-22(19-21)39-15-17-40(18-16-39)28-9-1-2-13-33-28/h1-9,12-14,19,26H,10-11,15-18,20H2,(H,38,42,43)(H2,34,35,36,37). The van der Waals surface area contributed by atoms with Crippen molar-refractivity contribution < 1.29 is 14.4 Å². The van der Waals surface area contributed by atoms with Crippen LogP contribution in [0.5, 0.6) is 0 Å². The fourth-order valence-corrected chi connectivity index (χ4v) is 5.97. The van der Waals surface area contributed by atoms with Crippen molar-refractivity contribution in [1.82, 2.24) is 25.2 Å². The monoisotopic (exact) mass is 589 g/mol. The molecule has 12 nitrogen and oxygen atoms in total. The van der Waals surface area contributed by atoms with Crippen LogP contribution in [0, 0.1) is 0 Å². The quantitative estimate of drug-likeness (QED) is 0.275. The Labute approximate surface area is 254 Å². The minimum absolute atomic E-state index is 0.212. The van der Waals surface area contributed by atoms with E-state index in [1.54, 1.807) is 24.4 Å². The van der Waals surface area contributed by atoms with Crippen molar-refractivity contribution in [2.24, 2.45) is 0 Å². The number of nitrogens with zero attached hydrogens (tertiary/aromatic N) is 6. The van der Waals surface area contributed by atoms with Gasteiger partial charge < -0.3 is 25.3 Å². The average Bonchev–Trinajstić information content (AvgIpc) is 3.38. The lowest BCUT2D eigenvalue weighted by atomic mass is 10.0. The van der Waals surface area contributed by atoms with E-state index in [1.165, 1.54) is 4.90 Å². The number of imide groups is 1. The molecule has 2 fully saturated rings. The van der Waals surface area contributed by atoms with E-state index in [9.17, 15) is 14.4 Å². The number of aromatic nitrogens is 3. The second-order valence-corrected chi connectivity index (χ2v) is 11.0. The van der Waals surface area contributed by atoms with Crippen LogP contribution in [0.2, 0.25) is 0 Å². The van der Waals surface area contributed by atoms with Gasteiger partial charge in [-0.25, -0.2) is 9.97 Å². The number of fused-ring (bicyclic) bond motifs is 1. The van der Waals surface area contributed by atoms with Gasteiger partial charge in [0, 0.05) is 79.7 Å². The van der Waals surface area contributed by atoms with Crippen LogP contribution < -0.4 is 25.8 Å². The number of carbonyl (C=O) groups is 3. The Bertz CT molecular complexity index is 1720. The van der Waals surface area contributed by atoms with Gasteiger partial charge in [-0.05, 0) is 55.0 Å². The highest BCUT2D eigenvalue weighted by Crippen LogP contribution is 2.33. The number of piperidine rings is 1. The average molecular weight is 590 g/mol. The molecule has 0 spiro atoms. The molecule has 2 saturated heterocycles. The van der Waals surface area contributed by atoms with E-state index >= 15 is 0 Å². The van der Waals surface area contributed by atoms with E-state index in [1.807, 2.05) is 42.6 Å². The Morgan fingerprint density at radius 3 is 2.48 bits per heavy atom. The summed E-state index contributed by atoms with van der Waals surface area (Å²) in [5.41, 5.74) is 4.03. The van der Waals surface area contributed by atoms with Crippen LogP contribution in [0.25, 0.3) is 0 Å². The van der Waals surface area contributed by atoms with E-state index in [2.05, 4.69) is 52.8 Å². The Morgan fingerprint density at radius 1 is 0.818 bits per heavy atom. The van der Waals surface area contributed by atoms with Crippen LogP contribution in [0.4, 0.5) is 34.6 Å². The van der Waals surface area contributed by atoms with Gasteiger partial charge in [0.25, 0.3) is 5.91 Å². The Balaban J connectivity index is 1.02. The summed E-state index contributed by atoms with van der Waals surface area (Å²) in [7, 11) is 0. The van der Waals surface area contributed by atoms with Gasteiger partial charge in [0.15, 0.2) is 0 Å². The van der Waals surface area contributed by atoms with Crippen molar-refractivity contribution in [1.29, 1.82) is 0 Å². The number of hydrogen-bond donors (Lipinski definition) is 3. The number of amides is 3. The Morgan fingerprint density at radius 2 is 1.66 bits per heavy atom. The molecule has 0 bridgehead atoms. The van der Waals surface area contributed by atoms with Gasteiger partial charge in [-0.3, -0.25) is 19.7 Å². The third-order valence-electron chi connectivity index (χ3n) is 8.22. The lowest BCUT2D eigenvalue weighted by molar-refractivity contribution is -0.136. The van der Waals surface area contributed by atoms with Gasteiger partial charge >= 0.3 is 0 Å². The van der Waals surface area contributed by atoms with Gasteiger partial charge in [0.1, 0.15) is 17.7 Å². The molecule has 7 rings (SSSR count). The summed E-state index contributed by atoms with van der Waals surface area (Å²) in [6.45, 7) is 3.83. The van der Waals surface area contributed by atoms with Crippen LogP contribution in [0.1, 0.15) is 28.8 Å². The molecule has 12 heteroatoms. The number of hydrogen-bond acceptors (Lipinski definition) is 10. The number of rotatable bonds is 7. The second-order valence-electron chi connectivity index (χ2n) is 11.0. The lowest BCUT2D eigenvalue weighted by Gasteiger charge is -2.36. The molecule has 2 aromatic heterocycles. The summed E-state index contributed by atoms with van der Waals surface area (Å²) >= 11 is 0. The highest BCUT2D eigenvalue weighted by molar-refractivity contribution is 6.06. The third kappa shape index (κ3) is 5.49. The molecule has 0 aliphatic carbocycles. The van der Waals surface area contributed by atoms with Crippen molar-refractivity contribution in [2.45, 2.75) is 25.4 Å². The smallest absolute Gasteiger partial charge is 0.255 e. The molecule has 222 valence electrons. The fourth-order valence-electron chi connectivity index (χ4n) is 5.97. The van der Waals surface area contributed by atoms with Gasteiger partial charge in [0.05, 0.1) is 0 Å². The lowest BCUT2D eigenvalue weighted by Crippen LogP contribution is -2.52. The van der Waals surface area contributed by atoms with E-state index in [0.29, 0.717) is 23.8 Å². The predicted octanol–water partition coefficient (Wildman–Crippen LogP) is 3.45. The summed E-state index contributed by atoms with van der Waals surface area (Å²) in [5, 5.41) is 9.00. The number of pyridine rings is 1. The molecule has 44 heavy (non-hydrogen) atoms. The third-order valence-corrected chi connectivity index (χ3v) is 8.22. The van der Waals surface area contributed by atoms with Gasteiger partial charge in [-0.15, -0.1) is 0 Å². The van der Waals surface area contributed by atoms with Gasteiger partial charge in [-0.1, -0.05) is 18.2 Å². The topological polar surface area (TPSA) is 136 Å². The van der Waals surface area contributed by atoms with Crippen molar-refractivity contribution in [3.8, 4) is 0 Å². The zero-order valence-electron chi connectivity index (χ0n) is 23.9. The zero-order valence-corrected chi connectivity index (χ0v) is 23.9. The fraction of sp³-hybridized carbons (Fsp3) is 0.250. The zero-order chi connectivity index (χ0) is 30.0. The number of piperazine rings is 1. The maximum absolute atomic E-state index is 13.2. The van der Waals surface area contributed by atoms with Crippen molar-refractivity contribution in [3.05, 3.63) is 90.3 Å². The minimum atomic E-state index is -0.671. The maximum atomic E-state index is 13.2. The second kappa shape index (κ2) is 11.6. The Hall–Kier alpha value is -5.52. The molecule has 3 N–H and O–H groups in total. The summed E-state index contributed by atoms with van der Waals surface area (Å²) in [5.74, 6) is 1.04. The molecule has 3 amide bonds. The summed E-state index contributed by atoms with van der Waals surface area (Å²) in [6, 6.07) is 20.7. The van der Waals surface area contributed by atoms with E-state index in [-0.39, 0.29) is 24.8 Å². The molecule has 0 saturated carbocycles. The number of benzene rings is 2. The first kappa shape index (κ1) is 27.3. The van der Waals surface area contributed by atoms with Crippen molar-refractivity contribution in [2.75, 3.05) is 46.6 Å². The van der Waals surface area contributed by atoms with Crippen LogP contribution in [0.15, 0.2) is 79.1 Å². The molecule has 0 radical (unpaired) electrons. The molecule has 4 aromatic rings. The maximum Gasteiger partial charge on any atom is 0.255 e. The highest BCUT2D eigenvalue weighted by atomic mass is 16.2. The predicted molar refractivity (Wildman–Crippen MR) is 166 cm³/mol. The normalized spacial score (nSPS) is 18.2. The van der Waals surface area contributed by atoms with Gasteiger partial charge in [0.2, 0.25) is 17.8 Å². The molecular weight excluding hydrogens is 558 g/mol. The number of nitrogens with one attached hydrogen (secondary N) is 3. The highest BCUT2D eigenvalue weighted by Gasteiger charge is 2.39.